The van der Waals surface area contributed by atoms with E-state index in [1.54, 1.807) is 0 Å². The van der Waals surface area contributed by atoms with Crippen molar-refractivity contribution in [3.63, 3.8) is 0 Å². The number of amides is 1. The molecule has 7 atom stereocenters. The summed E-state index contributed by atoms with van der Waals surface area (Å²) in [6.45, 7) is 17.3. The number of nitrogens with one attached hydrogen (secondary N) is 1. The molecule has 6 heteroatoms. The molecule has 0 aromatic heterocycles. The zero-order chi connectivity index (χ0) is 27.5. The smallest absolute Gasteiger partial charge is 0.312 e. The van der Waals surface area contributed by atoms with E-state index in [1.807, 2.05) is 24.8 Å². The maximum absolute atomic E-state index is 13.1. The summed E-state index contributed by atoms with van der Waals surface area (Å²) in [6.07, 6.45) is 11.6. The van der Waals surface area contributed by atoms with Crippen LogP contribution in [0.5, 0.6) is 0 Å². The predicted octanol–water partition coefficient (Wildman–Crippen LogP) is 6.75. The highest BCUT2D eigenvalue weighted by molar-refractivity contribution is 5.91. The van der Waals surface area contributed by atoms with E-state index in [0.29, 0.717) is 42.5 Å². The molecular weight excluding hydrogens is 474 g/mol. The van der Waals surface area contributed by atoms with Crippen LogP contribution in [0.1, 0.15) is 106 Å². The van der Waals surface area contributed by atoms with Crippen molar-refractivity contribution in [1.29, 1.82) is 0 Å². The van der Waals surface area contributed by atoms with Crippen molar-refractivity contribution >= 4 is 17.6 Å². The highest BCUT2D eigenvalue weighted by Crippen LogP contribution is 2.66. The van der Waals surface area contributed by atoms with Gasteiger partial charge in [0, 0.05) is 37.5 Å². The lowest BCUT2D eigenvalue weighted by Gasteiger charge is -2.58. The Balaban J connectivity index is 1.25. The fourth-order valence-corrected chi connectivity index (χ4v) is 9.57. The SMILES string of the molecule is C/C(=N\OC(=O)N(CC1CC(C)(C)CN1)C(C)C)[C@H]1CC[C@H]2[C@@H]3CCC4=CC(=O)CC[C@]4(C)[C@H]3CC[C@]12C. The number of carbonyl (C=O) groups excluding carboxylic acids is 2. The van der Waals surface area contributed by atoms with Crippen LogP contribution in [0.15, 0.2) is 16.8 Å². The largest absolute Gasteiger partial charge is 0.436 e. The fourth-order valence-electron chi connectivity index (χ4n) is 9.57. The van der Waals surface area contributed by atoms with Gasteiger partial charge in [-0.3, -0.25) is 9.63 Å². The summed E-state index contributed by atoms with van der Waals surface area (Å²) < 4.78 is 0. The molecule has 1 heterocycles. The van der Waals surface area contributed by atoms with Crippen molar-refractivity contribution in [3.8, 4) is 0 Å². The summed E-state index contributed by atoms with van der Waals surface area (Å²) in [5.74, 6) is 2.80. The van der Waals surface area contributed by atoms with E-state index in [-0.39, 0.29) is 28.4 Å². The van der Waals surface area contributed by atoms with Crippen molar-refractivity contribution in [3.05, 3.63) is 11.6 Å². The molecule has 38 heavy (non-hydrogen) atoms. The average molecular weight is 526 g/mol. The van der Waals surface area contributed by atoms with Gasteiger partial charge in [0.25, 0.3) is 0 Å². The van der Waals surface area contributed by atoms with Crippen LogP contribution in [-0.2, 0) is 9.63 Å². The van der Waals surface area contributed by atoms with Crippen LogP contribution in [0.2, 0.25) is 0 Å². The summed E-state index contributed by atoms with van der Waals surface area (Å²) in [7, 11) is 0. The van der Waals surface area contributed by atoms with Gasteiger partial charge in [0.15, 0.2) is 5.78 Å². The normalized spacial score (nSPS) is 40.3. The summed E-state index contributed by atoms with van der Waals surface area (Å²) >= 11 is 0. The second-order valence-electron chi connectivity index (χ2n) is 14.9. The van der Waals surface area contributed by atoms with Crippen LogP contribution in [0.25, 0.3) is 0 Å². The first-order chi connectivity index (χ1) is 17.8. The van der Waals surface area contributed by atoms with Gasteiger partial charge in [0.2, 0.25) is 0 Å². The molecule has 0 aromatic rings. The zero-order valence-electron chi connectivity index (χ0n) is 24.9. The van der Waals surface area contributed by atoms with E-state index in [1.165, 1.54) is 31.3 Å². The molecule has 6 nitrogen and oxygen atoms in total. The molecule has 1 unspecified atom stereocenters. The van der Waals surface area contributed by atoms with E-state index in [4.69, 9.17) is 4.84 Å². The molecule has 1 aliphatic heterocycles. The number of hydrogen-bond acceptors (Lipinski definition) is 5. The second kappa shape index (κ2) is 10.1. The summed E-state index contributed by atoms with van der Waals surface area (Å²) in [4.78, 5) is 32.7. The van der Waals surface area contributed by atoms with Crippen LogP contribution in [0.3, 0.4) is 0 Å². The minimum Gasteiger partial charge on any atom is -0.312 e. The number of ketones is 1. The number of carbonyl (C=O) groups is 2. The number of allylic oxidation sites excluding steroid dienone is 1. The van der Waals surface area contributed by atoms with Crippen molar-refractivity contribution in [2.75, 3.05) is 13.1 Å². The summed E-state index contributed by atoms with van der Waals surface area (Å²) in [6, 6.07) is 0.360. The van der Waals surface area contributed by atoms with Crippen molar-refractivity contribution in [1.82, 2.24) is 10.2 Å². The lowest BCUT2D eigenvalue weighted by molar-refractivity contribution is -0.117. The number of oxime groups is 1. The van der Waals surface area contributed by atoms with E-state index < -0.39 is 0 Å². The minimum absolute atomic E-state index is 0.0638. The molecule has 212 valence electrons. The van der Waals surface area contributed by atoms with Gasteiger partial charge in [-0.05, 0) is 112 Å². The Labute approximate surface area is 230 Å². The van der Waals surface area contributed by atoms with Crippen LogP contribution in [0, 0.1) is 39.9 Å². The molecule has 0 bridgehead atoms. The number of fused-ring (bicyclic) bond motifs is 5. The zero-order valence-corrected chi connectivity index (χ0v) is 24.9. The second-order valence-corrected chi connectivity index (χ2v) is 14.9. The Kier molecular flexibility index (Phi) is 7.37. The van der Waals surface area contributed by atoms with Gasteiger partial charge in [-0.15, -0.1) is 0 Å². The third-order valence-corrected chi connectivity index (χ3v) is 11.7. The van der Waals surface area contributed by atoms with E-state index in [9.17, 15) is 9.59 Å². The van der Waals surface area contributed by atoms with Crippen LogP contribution < -0.4 is 5.32 Å². The number of rotatable bonds is 5. The Bertz CT molecular complexity index is 1020. The minimum atomic E-state index is -0.333. The standard InChI is InChI=1S/C32H51N3O3/c1-20(2)35(18-23-17-30(4,5)19-33-23)29(37)38-34-21(3)26-10-11-27-25-9-8-22-16-24(36)12-14-31(22,6)28(25)13-15-32(26,27)7/h16,20,23,25-28,33H,8-15,17-19H2,1-7H3/b34-21+/t23?,25-,26+,27-,28-,31-,32+/m0/s1. The van der Waals surface area contributed by atoms with Crippen molar-refractivity contribution in [2.24, 2.45) is 45.1 Å². The summed E-state index contributed by atoms with van der Waals surface area (Å²) in [5.41, 5.74) is 3.10. The Morgan fingerprint density at radius 3 is 2.55 bits per heavy atom. The molecule has 3 saturated carbocycles. The van der Waals surface area contributed by atoms with Crippen molar-refractivity contribution < 1.29 is 14.4 Å². The fraction of sp³-hybridized carbons (Fsp3) is 0.844. The molecular formula is C32H51N3O3. The summed E-state index contributed by atoms with van der Waals surface area (Å²) in [5, 5.41) is 8.07. The Hall–Kier alpha value is -1.69. The van der Waals surface area contributed by atoms with Gasteiger partial charge < -0.3 is 10.2 Å². The van der Waals surface area contributed by atoms with Crippen LogP contribution >= 0.6 is 0 Å². The lowest BCUT2D eigenvalue weighted by Crippen LogP contribution is -2.51. The highest BCUT2D eigenvalue weighted by Gasteiger charge is 2.59. The first-order valence-electron chi connectivity index (χ1n) is 15.3. The van der Waals surface area contributed by atoms with Gasteiger partial charge in [0.1, 0.15) is 0 Å². The molecule has 1 N–H and O–H groups in total. The maximum atomic E-state index is 13.1. The molecule has 5 aliphatic rings. The first kappa shape index (κ1) is 27.9. The van der Waals surface area contributed by atoms with Crippen LogP contribution in [0.4, 0.5) is 4.79 Å². The molecule has 1 saturated heterocycles. The van der Waals surface area contributed by atoms with E-state index in [2.05, 4.69) is 45.1 Å². The molecule has 4 aliphatic carbocycles. The molecule has 0 aromatic carbocycles. The van der Waals surface area contributed by atoms with Gasteiger partial charge in [-0.2, -0.15) is 0 Å². The predicted molar refractivity (Wildman–Crippen MR) is 152 cm³/mol. The van der Waals surface area contributed by atoms with Gasteiger partial charge in [0.05, 0.1) is 5.71 Å². The molecule has 4 fully saturated rings. The topological polar surface area (TPSA) is 71.0 Å². The van der Waals surface area contributed by atoms with Gasteiger partial charge >= 0.3 is 6.09 Å². The van der Waals surface area contributed by atoms with E-state index in [0.717, 1.165) is 43.9 Å². The van der Waals surface area contributed by atoms with Crippen molar-refractivity contribution in [2.45, 2.75) is 118 Å². The Morgan fingerprint density at radius 1 is 1.11 bits per heavy atom. The first-order valence-corrected chi connectivity index (χ1v) is 15.3. The average Bonchev–Trinajstić information content (AvgIpc) is 3.39. The van der Waals surface area contributed by atoms with Crippen LogP contribution in [-0.4, -0.2) is 47.7 Å². The molecule has 1 amide bonds. The quantitative estimate of drug-likeness (QED) is 0.245. The Morgan fingerprint density at radius 2 is 1.87 bits per heavy atom. The van der Waals surface area contributed by atoms with Gasteiger partial charge in [-0.1, -0.05) is 38.4 Å². The molecule has 0 radical (unpaired) electrons. The van der Waals surface area contributed by atoms with Gasteiger partial charge in [-0.25, -0.2) is 4.79 Å². The maximum Gasteiger partial charge on any atom is 0.436 e. The lowest BCUT2D eigenvalue weighted by atomic mass is 9.46. The molecule has 0 spiro atoms. The highest BCUT2D eigenvalue weighted by atomic mass is 16.7. The third kappa shape index (κ3) is 4.88. The monoisotopic (exact) mass is 525 g/mol. The third-order valence-electron chi connectivity index (χ3n) is 11.7. The molecule has 5 rings (SSSR count). The number of nitrogens with zero attached hydrogens (tertiary/aromatic N) is 2. The van der Waals surface area contributed by atoms with E-state index >= 15 is 0 Å². The number of hydrogen-bond donors (Lipinski definition) is 1.